The summed E-state index contributed by atoms with van der Waals surface area (Å²) in [5.41, 5.74) is -2.12. The number of nitrogens with zero attached hydrogens (tertiary/aromatic N) is 2. The second-order valence-electron chi connectivity index (χ2n) is 6.89. The van der Waals surface area contributed by atoms with Crippen LogP contribution in [0.2, 0.25) is 0 Å². The third kappa shape index (κ3) is 4.62. The molecule has 0 fully saturated rings. The van der Waals surface area contributed by atoms with Gasteiger partial charge in [-0.15, -0.1) is 0 Å². The van der Waals surface area contributed by atoms with Crippen molar-refractivity contribution in [1.82, 2.24) is 9.55 Å². The smallest absolute Gasteiger partial charge is 0.425 e. The normalized spacial score (nSPS) is 13.5. The number of aryl methyl sites for hydroxylation is 2. The second-order valence-corrected chi connectivity index (χ2v) is 6.89. The van der Waals surface area contributed by atoms with Crippen molar-refractivity contribution in [3.63, 3.8) is 0 Å². The van der Waals surface area contributed by atoms with E-state index in [1.54, 1.807) is 18.2 Å². The van der Waals surface area contributed by atoms with E-state index in [1.165, 1.54) is 25.4 Å². The predicted octanol–water partition coefficient (Wildman–Crippen LogP) is 4.30. The van der Waals surface area contributed by atoms with Crippen molar-refractivity contribution < 1.29 is 27.8 Å². The molecule has 2 N–H and O–H groups in total. The van der Waals surface area contributed by atoms with Crippen molar-refractivity contribution in [2.45, 2.75) is 25.1 Å². The van der Waals surface area contributed by atoms with E-state index < -0.39 is 29.9 Å². The SMILES string of the molecule is Cc1cccc(Oc2ccc(NC(=O)CC(O)(c3nccn3C)C(F)(F)F)cc2)c1. The molecular formula is C21H20F3N3O3. The molecule has 1 heterocycles. The molecule has 1 atom stereocenters. The van der Waals surface area contributed by atoms with Gasteiger partial charge in [-0.2, -0.15) is 13.2 Å². The lowest BCUT2D eigenvalue weighted by atomic mass is 9.97. The Morgan fingerprint density at radius 2 is 1.87 bits per heavy atom. The van der Waals surface area contributed by atoms with Crippen LogP contribution in [0.25, 0.3) is 0 Å². The van der Waals surface area contributed by atoms with Gasteiger partial charge in [0.25, 0.3) is 0 Å². The number of aliphatic hydroxyl groups is 1. The minimum Gasteiger partial charge on any atom is -0.457 e. The van der Waals surface area contributed by atoms with Gasteiger partial charge in [0.15, 0.2) is 5.82 Å². The molecule has 3 rings (SSSR count). The standard InChI is InChI=1S/C21H20F3N3O3/c1-14-4-3-5-17(12-14)30-16-8-6-15(7-9-16)26-18(28)13-20(29,21(22,23)24)19-25-10-11-27(19)2/h3-12,29H,13H2,1-2H3,(H,26,28). The zero-order valence-corrected chi connectivity index (χ0v) is 16.3. The molecule has 3 aromatic rings. The van der Waals surface area contributed by atoms with Gasteiger partial charge in [0.1, 0.15) is 11.5 Å². The van der Waals surface area contributed by atoms with Gasteiger partial charge in [-0.3, -0.25) is 4.79 Å². The number of benzene rings is 2. The first-order chi connectivity index (χ1) is 14.1. The van der Waals surface area contributed by atoms with Gasteiger partial charge in [0.2, 0.25) is 11.5 Å². The van der Waals surface area contributed by atoms with Crippen LogP contribution < -0.4 is 10.1 Å². The first-order valence-electron chi connectivity index (χ1n) is 9.00. The summed E-state index contributed by atoms with van der Waals surface area (Å²) in [5, 5.41) is 12.6. The number of aromatic nitrogens is 2. The van der Waals surface area contributed by atoms with E-state index in [-0.39, 0.29) is 5.69 Å². The van der Waals surface area contributed by atoms with Crippen LogP contribution in [0.1, 0.15) is 17.8 Å². The number of carbonyl (C=O) groups is 1. The van der Waals surface area contributed by atoms with Gasteiger partial charge >= 0.3 is 6.18 Å². The van der Waals surface area contributed by atoms with Gasteiger partial charge in [-0.25, -0.2) is 4.98 Å². The highest BCUT2D eigenvalue weighted by atomic mass is 19.4. The number of rotatable bonds is 6. The summed E-state index contributed by atoms with van der Waals surface area (Å²) in [4.78, 5) is 15.8. The average Bonchev–Trinajstić information content (AvgIpc) is 3.09. The van der Waals surface area contributed by atoms with Gasteiger partial charge in [-0.1, -0.05) is 12.1 Å². The molecule has 9 heteroatoms. The zero-order valence-electron chi connectivity index (χ0n) is 16.3. The Hall–Kier alpha value is -3.33. The van der Waals surface area contributed by atoms with Crippen molar-refractivity contribution >= 4 is 11.6 Å². The highest BCUT2D eigenvalue weighted by molar-refractivity contribution is 5.91. The van der Waals surface area contributed by atoms with Gasteiger partial charge in [0.05, 0.1) is 6.42 Å². The van der Waals surface area contributed by atoms with E-state index >= 15 is 0 Å². The Balaban J connectivity index is 1.70. The summed E-state index contributed by atoms with van der Waals surface area (Å²) in [6.07, 6.45) is -3.94. The summed E-state index contributed by atoms with van der Waals surface area (Å²) in [7, 11) is 1.31. The number of anilines is 1. The highest BCUT2D eigenvalue weighted by Gasteiger charge is 2.58. The molecule has 30 heavy (non-hydrogen) atoms. The minimum atomic E-state index is -5.09. The zero-order chi connectivity index (χ0) is 21.9. The quantitative estimate of drug-likeness (QED) is 0.625. The van der Waals surface area contributed by atoms with Crippen molar-refractivity contribution in [2.24, 2.45) is 7.05 Å². The van der Waals surface area contributed by atoms with Crippen LogP contribution in [-0.4, -0.2) is 26.7 Å². The van der Waals surface area contributed by atoms with Crippen LogP contribution in [0.15, 0.2) is 60.9 Å². The highest BCUT2D eigenvalue weighted by Crippen LogP contribution is 2.41. The maximum absolute atomic E-state index is 13.5. The minimum absolute atomic E-state index is 0.265. The molecule has 0 aliphatic heterocycles. The molecule has 0 aliphatic carbocycles. The molecule has 158 valence electrons. The number of carbonyl (C=O) groups excluding carboxylic acids is 1. The van der Waals surface area contributed by atoms with E-state index in [4.69, 9.17) is 4.74 Å². The lowest BCUT2D eigenvalue weighted by Gasteiger charge is -2.29. The molecule has 0 aliphatic rings. The Bertz CT molecular complexity index is 1030. The lowest BCUT2D eigenvalue weighted by Crippen LogP contribution is -2.46. The van der Waals surface area contributed by atoms with Crippen LogP contribution in [0.5, 0.6) is 11.5 Å². The molecule has 0 saturated carbocycles. The Kier molecular flexibility index (Phi) is 5.84. The topological polar surface area (TPSA) is 76.4 Å². The van der Waals surface area contributed by atoms with Gasteiger partial charge in [0, 0.05) is 25.1 Å². The molecule has 0 spiro atoms. The number of hydrogen-bond donors (Lipinski definition) is 2. The number of hydrogen-bond acceptors (Lipinski definition) is 4. The lowest BCUT2D eigenvalue weighted by molar-refractivity contribution is -0.270. The molecule has 0 bridgehead atoms. The van der Waals surface area contributed by atoms with E-state index in [0.29, 0.717) is 11.5 Å². The molecule has 1 aromatic heterocycles. The largest absolute Gasteiger partial charge is 0.457 e. The molecule has 2 aromatic carbocycles. The summed E-state index contributed by atoms with van der Waals surface area (Å²) in [5.74, 6) is -0.535. The van der Waals surface area contributed by atoms with E-state index in [1.807, 2.05) is 25.1 Å². The summed E-state index contributed by atoms with van der Waals surface area (Å²) < 4.78 is 47.3. The number of ether oxygens (including phenoxy) is 1. The number of amides is 1. The fraction of sp³-hybridized carbons (Fsp3) is 0.238. The van der Waals surface area contributed by atoms with E-state index in [0.717, 1.165) is 16.3 Å². The molecule has 6 nitrogen and oxygen atoms in total. The fourth-order valence-electron chi connectivity index (χ4n) is 2.93. The number of alkyl halides is 3. The first-order valence-corrected chi connectivity index (χ1v) is 9.00. The summed E-state index contributed by atoms with van der Waals surface area (Å²) in [6, 6.07) is 13.6. The molecule has 0 saturated heterocycles. The molecule has 1 unspecified atom stereocenters. The van der Waals surface area contributed by atoms with Gasteiger partial charge < -0.3 is 19.7 Å². The van der Waals surface area contributed by atoms with E-state index in [2.05, 4.69) is 10.3 Å². The molecular weight excluding hydrogens is 399 g/mol. The number of halogens is 3. The van der Waals surface area contributed by atoms with Crippen molar-refractivity contribution in [1.29, 1.82) is 0 Å². The summed E-state index contributed by atoms with van der Waals surface area (Å²) >= 11 is 0. The number of imidazole rings is 1. The Labute approximate surface area is 170 Å². The predicted molar refractivity (Wildman–Crippen MR) is 104 cm³/mol. The third-order valence-corrected chi connectivity index (χ3v) is 4.44. The maximum atomic E-state index is 13.5. The molecule has 1 amide bonds. The fourth-order valence-corrected chi connectivity index (χ4v) is 2.93. The molecule has 0 radical (unpaired) electrons. The van der Waals surface area contributed by atoms with Crippen LogP contribution in [0.3, 0.4) is 0 Å². The average molecular weight is 419 g/mol. The van der Waals surface area contributed by atoms with Crippen molar-refractivity contribution in [3.05, 3.63) is 72.3 Å². The second kappa shape index (κ2) is 8.19. The van der Waals surface area contributed by atoms with Crippen LogP contribution in [0, 0.1) is 6.92 Å². The first kappa shape index (κ1) is 21.4. The van der Waals surface area contributed by atoms with E-state index in [9.17, 15) is 23.1 Å². The van der Waals surface area contributed by atoms with Crippen LogP contribution >= 0.6 is 0 Å². The Morgan fingerprint density at radius 3 is 2.43 bits per heavy atom. The Morgan fingerprint density at radius 1 is 1.17 bits per heavy atom. The monoisotopic (exact) mass is 419 g/mol. The number of nitrogens with one attached hydrogen (secondary N) is 1. The van der Waals surface area contributed by atoms with Crippen LogP contribution in [0.4, 0.5) is 18.9 Å². The van der Waals surface area contributed by atoms with Crippen LogP contribution in [-0.2, 0) is 17.4 Å². The van der Waals surface area contributed by atoms with Gasteiger partial charge in [-0.05, 0) is 48.9 Å². The summed E-state index contributed by atoms with van der Waals surface area (Å²) in [6.45, 7) is 1.93. The third-order valence-electron chi connectivity index (χ3n) is 4.44. The van der Waals surface area contributed by atoms with Crippen molar-refractivity contribution in [3.8, 4) is 11.5 Å². The maximum Gasteiger partial charge on any atom is 0.425 e. The van der Waals surface area contributed by atoms with Crippen molar-refractivity contribution in [2.75, 3.05) is 5.32 Å².